The van der Waals surface area contributed by atoms with E-state index < -0.39 is 16.1 Å². The van der Waals surface area contributed by atoms with E-state index in [0.29, 0.717) is 23.8 Å². The van der Waals surface area contributed by atoms with Crippen molar-refractivity contribution in [1.29, 1.82) is 0 Å². The first-order valence-electron chi connectivity index (χ1n) is 11.9. The van der Waals surface area contributed by atoms with Gasteiger partial charge in [-0.1, -0.05) is 17.7 Å². The van der Waals surface area contributed by atoms with Crippen LogP contribution in [0.1, 0.15) is 21.8 Å². The topological polar surface area (TPSA) is 103 Å². The predicted molar refractivity (Wildman–Crippen MR) is 149 cm³/mol. The van der Waals surface area contributed by atoms with Gasteiger partial charge in [-0.15, -0.1) is 11.3 Å². The summed E-state index contributed by atoms with van der Waals surface area (Å²) in [5.41, 5.74) is 2.62. The van der Waals surface area contributed by atoms with Crippen LogP contribution in [-0.4, -0.2) is 62.3 Å². The molecule has 0 spiro atoms. The molecule has 3 heterocycles. The van der Waals surface area contributed by atoms with Crippen molar-refractivity contribution < 1.29 is 20.9 Å². The number of hydrogen-bond acceptors (Lipinski definition) is 7. The summed E-state index contributed by atoms with van der Waals surface area (Å²) < 4.78 is 27.6. The van der Waals surface area contributed by atoms with Crippen LogP contribution in [0.2, 0.25) is 5.02 Å². The molecule has 1 fully saturated rings. The van der Waals surface area contributed by atoms with Crippen molar-refractivity contribution in [3.8, 4) is 0 Å². The van der Waals surface area contributed by atoms with Crippen molar-refractivity contribution in [3.63, 3.8) is 0 Å². The van der Waals surface area contributed by atoms with Gasteiger partial charge in [-0.2, -0.15) is 0 Å². The number of amides is 2. The predicted octanol–water partition coefficient (Wildman–Crippen LogP) is 4.11. The SMILES string of the molecule is C[C@H](C(=O)N1CCN(c2ccc(S(=O)(=O)Nc3nccs3)cc2)C(=O)C1)N1CCCc2c(Cl)cccc21.[HH].[HH]. The Labute approximate surface area is 227 Å². The second-order valence-electron chi connectivity index (χ2n) is 8.95. The molecule has 37 heavy (non-hydrogen) atoms. The lowest BCUT2D eigenvalue weighted by Crippen LogP contribution is -2.57. The number of thiazole rings is 1. The molecule has 0 saturated carbocycles. The fourth-order valence-electron chi connectivity index (χ4n) is 4.80. The van der Waals surface area contributed by atoms with Gasteiger partial charge < -0.3 is 14.7 Å². The van der Waals surface area contributed by atoms with Crippen LogP contribution in [0.5, 0.6) is 0 Å². The molecule has 2 amide bonds. The van der Waals surface area contributed by atoms with Gasteiger partial charge in [0, 0.05) is 50.5 Å². The van der Waals surface area contributed by atoms with E-state index in [0.717, 1.165) is 30.6 Å². The van der Waals surface area contributed by atoms with Gasteiger partial charge in [-0.25, -0.2) is 13.4 Å². The summed E-state index contributed by atoms with van der Waals surface area (Å²) in [5, 5.41) is 2.67. The van der Waals surface area contributed by atoms with E-state index in [1.165, 1.54) is 29.7 Å². The zero-order chi connectivity index (χ0) is 26.2. The van der Waals surface area contributed by atoms with Crippen molar-refractivity contribution in [2.75, 3.05) is 40.7 Å². The highest BCUT2D eigenvalue weighted by Gasteiger charge is 2.34. The third kappa shape index (κ3) is 5.16. The first-order valence-corrected chi connectivity index (χ1v) is 14.6. The summed E-state index contributed by atoms with van der Waals surface area (Å²) in [6.07, 6.45) is 3.31. The number of benzene rings is 2. The van der Waals surface area contributed by atoms with Crippen molar-refractivity contribution >= 4 is 61.3 Å². The summed E-state index contributed by atoms with van der Waals surface area (Å²) in [7, 11) is -3.78. The summed E-state index contributed by atoms with van der Waals surface area (Å²) in [6, 6.07) is 11.4. The fraction of sp³-hybridized carbons (Fsp3) is 0.320. The highest BCUT2D eigenvalue weighted by molar-refractivity contribution is 7.93. The van der Waals surface area contributed by atoms with Gasteiger partial charge in [-0.3, -0.25) is 14.3 Å². The quantitative estimate of drug-likeness (QED) is 0.484. The monoisotopic (exact) mass is 563 g/mol. The van der Waals surface area contributed by atoms with Gasteiger partial charge >= 0.3 is 0 Å². The molecule has 3 aromatic rings. The van der Waals surface area contributed by atoms with Gasteiger partial charge in [0.25, 0.3) is 10.0 Å². The molecule has 1 N–H and O–H groups in total. The van der Waals surface area contributed by atoms with Gasteiger partial charge in [0.1, 0.15) is 12.6 Å². The summed E-state index contributed by atoms with van der Waals surface area (Å²) in [4.78, 5) is 35.6. The Bertz CT molecular complexity index is 1420. The lowest BCUT2D eigenvalue weighted by molar-refractivity contribution is -0.137. The number of piperazine rings is 1. The minimum absolute atomic E-state index is 0. The summed E-state index contributed by atoms with van der Waals surface area (Å²) in [6.45, 7) is 3.29. The highest BCUT2D eigenvalue weighted by Crippen LogP contribution is 2.34. The number of hydrogen-bond donors (Lipinski definition) is 1. The van der Waals surface area contributed by atoms with Crippen molar-refractivity contribution in [2.24, 2.45) is 0 Å². The molecule has 1 saturated heterocycles. The third-order valence-corrected chi connectivity index (χ3v) is 9.23. The fourth-order valence-corrected chi connectivity index (χ4v) is 6.85. The van der Waals surface area contributed by atoms with Crippen molar-refractivity contribution in [1.82, 2.24) is 9.88 Å². The molecule has 1 aromatic heterocycles. The normalized spacial score (nSPS) is 16.9. The molecule has 0 bridgehead atoms. The van der Waals surface area contributed by atoms with E-state index in [1.807, 2.05) is 25.1 Å². The zero-order valence-electron chi connectivity index (χ0n) is 20.1. The Balaban J connectivity index is 0.00000210. The second-order valence-corrected chi connectivity index (χ2v) is 11.9. The van der Waals surface area contributed by atoms with E-state index in [1.54, 1.807) is 27.3 Å². The number of fused-ring (bicyclic) bond motifs is 1. The lowest BCUT2D eigenvalue weighted by atomic mass is 9.99. The molecule has 0 radical (unpaired) electrons. The number of aromatic nitrogens is 1. The van der Waals surface area contributed by atoms with Crippen molar-refractivity contribution in [2.45, 2.75) is 30.7 Å². The molecule has 1 atom stereocenters. The number of halogens is 1. The second kappa shape index (κ2) is 10.3. The van der Waals surface area contributed by atoms with Gasteiger partial charge in [-0.05, 0) is 61.7 Å². The van der Waals surface area contributed by atoms with Crippen LogP contribution in [0, 0.1) is 0 Å². The minimum Gasteiger partial charge on any atom is -0.360 e. The minimum atomic E-state index is -3.78. The van der Waals surface area contributed by atoms with Crippen LogP contribution in [0.15, 0.2) is 58.9 Å². The maximum atomic E-state index is 13.4. The number of carbonyl (C=O) groups is 2. The van der Waals surface area contributed by atoms with Crippen molar-refractivity contribution in [3.05, 3.63) is 64.6 Å². The number of nitrogens with zero attached hydrogens (tertiary/aromatic N) is 4. The number of carbonyl (C=O) groups excluding carboxylic acids is 2. The Kier molecular flexibility index (Phi) is 7.11. The van der Waals surface area contributed by atoms with E-state index >= 15 is 0 Å². The highest BCUT2D eigenvalue weighted by atomic mass is 35.5. The molecule has 12 heteroatoms. The number of rotatable bonds is 6. The van der Waals surface area contributed by atoms with Gasteiger partial charge in [0.05, 0.1) is 4.90 Å². The summed E-state index contributed by atoms with van der Waals surface area (Å²) in [5.74, 6) is -0.319. The molecule has 2 aliphatic rings. The Morgan fingerprint density at radius 1 is 1.16 bits per heavy atom. The Morgan fingerprint density at radius 2 is 1.95 bits per heavy atom. The van der Waals surface area contributed by atoms with E-state index in [-0.39, 0.29) is 31.2 Å². The Morgan fingerprint density at radius 3 is 2.65 bits per heavy atom. The van der Waals surface area contributed by atoms with Crippen LogP contribution in [0.4, 0.5) is 16.5 Å². The molecule has 0 unspecified atom stereocenters. The zero-order valence-corrected chi connectivity index (χ0v) is 22.5. The third-order valence-electron chi connectivity index (χ3n) is 6.70. The molecule has 5 rings (SSSR count). The van der Waals surface area contributed by atoms with E-state index in [4.69, 9.17) is 11.6 Å². The summed E-state index contributed by atoms with van der Waals surface area (Å²) >= 11 is 7.57. The molecule has 9 nitrogen and oxygen atoms in total. The van der Waals surface area contributed by atoms with Crippen LogP contribution < -0.4 is 14.5 Å². The molecule has 198 valence electrons. The van der Waals surface area contributed by atoms with E-state index in [2.05, 4.69) is 14.6 Å². The first kappa shape index (κ1) is 25.5. The maximum absolute atomic E-state index is 13.4. The lowest BCUT2D eigenvalue weighted by Gasteiger charge is -2.40. The molecule has 2 aromatic carbocycles. The van der Waals surface area contributed by atoms with Gasteiger partial charge in [0.2, 0.25) is 11.8 Å². The average molecular weight is 564 g/mol. The number of anilines is 3. The number of sulfonamides is 1. The maximum Gasteiger partial charge on any atom is 0.263 e. The van der Waals surface area contributed by atoms with E-state index in [9.17, 15) is 18.0 Å². The van der Waals surface area contributed by atoms with Crippen LogP contribution in [-0.2, 0) is 26.0 Å². The van der Waals surface area contributed by atoms with Gasteiger partial charge in [0.15, 0.2) is 5.13 Å². The molecular weight excluding hydrogens is 534 g/mol. The molecule has 2 aliphatic heterocycles. The van der Waals surface area contributed by atoms with Crippen LogP contribution in [0.25, 0.3) is 0 Å². The van der Waals surface area contributed by atoms with Crippen LogP contribution in [0.3, 0.4) is 0 Å². The average Bonchev–Trinajstić information content (AvgIpc) is 3.40. The smallest absolute Gasteiger partial charge is 0.263 e. The number of nitrogens with one attached hydrogen (secondary N) is 1. The standard InChI is InChI=1S/C25H26ClN5O4S2.2H2/c1-17(30-12-3-4-20-21(26)5-2-6-22(20)30)24(33)29-13-14-31(23(32)16-29)18-7-9-19(10-8-18)37(34,35)28-25-27-11-15-36-25;;/h2,5-11,15,17H,3-4,12-14,16H2,1H3,(H,27,28);2*1H/t17-;;/m1../s1. The van der Waals surface area contributed by atoms with Crippen LogP contribution >= 0.6 is 22.9 Å². The first-order chi connectivity index (χ1) is 17.7. The largest absolute Gasteiger partial charge is 0.360 e. The molecular formula is C25H30ClN5O4S2. The molecule has 0 aliphatic carbocycles. The Hall–Kier alpha value is -3.15.